The van der Waals surface area contributed by atoms with E-state index in [4.69, 9.17) is 14.2 Å². The number of aliphatic imine (C=N–C) groups is 1. The average molecular weight is 686 g/mol. The maximum Gasteiger partial charge on any atom is 0.413 e. The lowest BCUT2D eigenvalue weighted by molar-refractivity contribution is -0.129. The molecule has 0 saturated carbocycles. The normalized spacial score (nSPS) is 12.1. The van der Waals surface area contributed by atoms with Crippen LogP contribution in [0.5, 0.6) is 0 Å². The number of carbonyl (C=O) groups is 5. The van der Waals surface area contributed by atoms with Crippen molar-refractivity contribution in [3.63, 3.8) is 0 Å². The second-order valence-corrected chi connectivity index (χ2v) is 14.3. The van der Waals surface area contributed by atoms with Crippen molar-refractivity contribution in [2.75, 3.05) is 45.8 Å². The fourth-order valence-electron chi connectivity index (χ4n) is 3.78. The van der Waals surface area contributed by atoms with E-state index in [-0.39, 0.29) is 30.6 Å². The van der Waals surface area contributed by atoms with Crippen molar-refractivity contribution in [2.24, 2.45) is 4.99 Å². The van der Waals surface area contributed by atoms with E-state index in [0.717, 1.165) is 58.0 Å². The van der Waals surface area contributed by atoms with Crippen molar-refractivity contribution in [1.82, 2.24) is 31.9 Å². The molecule has 0 aliphatic carbocycles. The van der Waals surface area contributed by atoms with Crippen LogP contribution in [0.25, 0.3) is 0 Å². The van der Waals surface area contributed by atoms with Gasteiger partial charge in [0.25, 0.3) is 0 Å². The van der Waals surface area contributed by atoms with Crippen LogP contribution in [0, 0.1) is 0 Å². The smallest absolute Gasteiger partial charge is 0.413 e. The van der Waals surface area contributed by atoms with Gasteiger partial charge in [0, 0.05) is 26.2 Å². The molecule has 0 spiro atoms. The number of amides is 5. The Morgan fingerprint density at radius 1 is 0.500 bits per heavy atom. The zero-order valence-electron chi connectivity index (χ0n) is 30.8. The number of ether oxygens (including phenoxy) is 3. The van der Waals surface area contributed by atoms with Crippen LogP contribution < -0.4 is 31.9 Å². The summed E-state index contributed by atoms with van der Waals surface area (Å²) in [6.45, 7) is 19.5. The third-order valence-electron chi connectivity index (χ3n) is 5.78. The van der Waals surface area contributed by atoms with Gasteiger partial charge in [0.2, 0.25) is 11.8 Å². The molecule has 15 nitrogen and oxygen atoms in total. The molecule has 0 unspecified atom stereocenters. The lowest BCUT2D eigenvalue weighted by Gasteiger charge is -2.21. The molecule has 0 aliphatic heterocycles. The summed E-state index contributed by atoms with van der Waals surface area (Å²) in [4.78, 5) is 64.3. The topological polar surface area (TPSA) is 198 Å². The fraction of sp³-hybridized carbons (Fsp3) is 0.818. The summed E-state index contributed by atoms with van der Waals surface area (Å²) in [6.07, 6.45) is 3.73. The van der Waals surface area contributed by atoms with Crippen molar-refractivity contribution in [1.29, 1.82) is 0 Å². The van der Waals surface area contributed by atoms with Gasteiger partial charge in [0.15, 0.2) is 0 Å². The molecule has 0 saturated heterocycles. The second kappa shape index (κ2) is 23.7. The number of nitrogens with zero attached hydrogens (tertiary/aromatic N) is 1. The molecule has 278 valence electrons. The number of unbranched alkanes of at least 4 members (excludes halogenated alkanes) is 4. The maximum atomic E-state index is 12.2. The van der Waals surface area contributed by atoms with Gasteiger partial charge in [-0.3, -0.25) is 19.9 Å². The quantitative estimate of drug-likeness (QED) is 0.0362. The van der Waals surface area contributed by atoms with Gasteiger partial charge in [-0.25, -0.2) is 14.4 Å². The molecule has 0 heterocycles. The SMILES string of the molecule is CC(C)(C)OC(=O)NCCCNCCCCNC(=O)CC(=O)NCCCCCCN=C(CNC(=O)OC(C)(C)C)NC(=O)OC(C)(C)C. The highest BCUT2D eigenvalue weighted by Gasteiger charge is 2.20. The molecule has 5 amide bonds. The van der Waals surface area contributed by atoms with Gasteiger partial charge in [-0.1, -0.05) is 12.8 Å². The zero-order chi connectivity index (χ0) is 36.6. The van der Waals surface area contributed by atoms with E-state index in [0.29, 0.717) is 26.2 Å². The van der Waals surface area contributed by atoms with E-state index in [1.54, 1.807) is 41.5 Å². The molecule has 0 radical (unpaired) electrons. The third-order valence-corrected chi connectivity index (χ3v) is 5.78. The Morgan fingerprint density at radius 2 is 0.938 bits per heavy atom. The number of rotatable bonds is 20. The van der Waals surface area contributed by atoms with E-state index >= 15 is 0 Å². The first-order chi connectivity index (χ1) is 22.3. The Labute approximate surface area is 287 Å². The number of nitrogens with one attached hydrogen (secondary N) is 6. The molecule has 0 bridgehead atoms. The first kappa shape index (κ1) is 44.4. The van der Waals surface area contributed by atoms with Gasteiger partial charge in [0.1, 0.15) is 29.1 Å². The number of alkyl carbamates (subject to hydrolysis) is 3. The Bertz CT molecular complexity index is 1010. The molecule has 48 heavy (non-hydrogen) atoms. The zero-order valence-corrected chi connectivity index (χ0v) is 30.8. The summed E-state index contributed by atoms with van der Waals surface area (Å²) in [5.41, 5.74) is -1.85. The van der Waals surface area contributed by atoms with Crippen molar-refractivity contribution < 1.29 is 38.2 Å². The maximum absolute atomic E-state index is 12.2. The summed E-state index contributed by atoms with van der Waals surface area (Å²) in [7, 11) is 0. The molecule has 0 aromatic heterocycles. The highest BCUT2D eigenvalue weighted by molar-refractivity contribution is 5.98. The second-order valence-electron chi connectivity index (χ2n) is 14.3. The van der Waals surface area contributed by atoms with Gasteiger partial charge in [-0.2, -0.15) is 0 Å². The van der Waals surface area contributed by atoms with E-state index in [9.17, 15) is 24.0 Å². The molecule has 6 N–H and O–H groups in total. The van der Waals surface area contributed by atoms with Gasteiger partial charge >= 0.3 is 18.3 Å². The summed E-state index contributed by atoms with van der Waals surface area (Å²) in [5, 5.41) is 16.7. The standard InChI is InChI=1S/C33H63N7O8/c1-31(2,3)46-28(43)38-22-16-18-34-17-14-15-21-37-27(42)23-26(41)36-20-13-11-10-12-19-35-25(40-30(45)48-33(7,8)9)24-39-29(44)47-32(4,5)6/h34H,10-24H2,1-9H3,(H,36,41)(H,37,42)(H,38,43)(H,39,44)(H,35,40,45). The van der Waals surface area contributed by atoms with E-state index < -0.39 is 35.1 Å². The van der Waals surface area contributed by atoms with Gasteiger partial charge in [0.05, 0.1) is 6.54 Å². The first-order valence-electron chi connectivity index (χ1n) is 17.0. The third kappa shape index (κ3) is 31.0. The van der Waals surface area contributed by atoms with Crippen LogP contribution in [0.4, 0.5) is 14.4 Å². The minimum absolute atomic E-state index is 0.0248. The van der Waals surface area contributed by atoms with Crippen LogP contribution in [0.1, 0.15) is 114 Å². The average Bonchev–Trinajstić information content (AvgIpc) is 2.91. The van der Waals surface area contributed by atoms with E-state index in [1.165, 1.54) is 0 Å². The van der Waals surface area contributed by atoms with E-state index in [2.05, 4.69) is 36.9 Å². The summed E-state index contributed by atoms with van der Waals surface area (Å²) >= 11 is 0. The first-order valence-corrected chi connectivity index (χ1v) is 17.0. The van der Waals surface area contributed by atoms with Crippen LogP contribution in [-0.4, -0.2) is 98.5 Å². The highest BCUT2D eigenvalue weighted by Crippen LogP contribution is 2.08. The van der Waals surface area contributed by atoms with Crippen LogP contribution in [0.2, 0.25) is 0 Å². The largest absolute Gasteiger partial charge is 0.444 e. The van der Waals surface area contributed by atoms with Gasteiger partial charge in [-0.15, -0.1) is 0 Å². The van der Waals surface area contributed by atoms with Crippen molar-refractivity contribution >= 4 is 35.9 Å². The van der Waals surface area contributed by atoms with Crippen LogP contribution in [-0.2, 0) is 23.8 Å². The molecule has 0 rings (SSSR count). The molecule has 0 aromatic rings. The number of hydrogen-bond donors (Lipinski definition) is 6. The summed E-state index contributed by atoms with van der Waals surface area (Å²) < 4.78 is 15.7. The molecule has 0 atom stereocenters. The number of amidine groups is 1. The van der Waals surface area contributed by atoms with Crippen LogP contribution in [0.15, 0.2) is 4.99 Å². The van der Waals surface area contributed by atoms with Crippen molar-refractivity contribution in [2.45, 2.75) is 130 Å². The predicted molar refractivity (Wildman–Crippen MR) is 186 cm³/mol. The Morgan fingerprint density at radius 3 is 1.50 bits per heavy atom. The summed E-state index contributed by atoms with van der Waals surface area (Å²) in [5.74, 6) is -0.351. The molecule has 0 aromatic carbocycles. The van der Waals surface area contributed by atoms with Gasteiger partial charge in [-0.05, 0) is 108 Å². The number of hydrogen-bond acceptors (Lipinski definition) is 10. The van der Waals surface area contributed by atoms with Crippen molar-refractivity contribution in [3.05, 3.63) is 0 Å². The summed E-state index contributed by atoms with van der Waals surface area (Å²) in [6, 6.07) is 0. The fourth-order valence-corrected chi connectivity index (χ4v) is 3.78. The lowest BCUT2D eigenvalue weighted by atomic mass is 10.2. The minimum Gasteiger partial charge on any atom is -0.444 e. The molecular weight excluding hydrogens is 622 g/mol. The molecular formula is C33H63N7O8. The van der Waals surface area contributed by atoms with Crippen LogP contribution >= 0.6 is 0 Å². The monoisotopic (exact) mass is 685 g/mol. The number of carbonyl (C=O) groups excluding carboxylic acids is 5. The molecule has 15 heteroatoms. The van der Waals surface area contributed by atoms with Gasteiger partial charge < -0.3 is 40.8 Å². The van der Waals surface area contributed by atoms with E-state index in [1.807, 2.05) is 20.8 Å². The van der Waals surface area contributed by atoms with Crippen molar-refractivity contribution in [3.8, 4) is 0 Å². The van der Waals surface area contributed by atoms with Crippen LogP contribution in [0.3, 0.4) is 0 Å². The Kier molecular flexibility index (Phi) is 21.9. The molecule has 0 fully saturated rings. The Hall–Kier alpha value is -3.62. The minimum atomic E-state index is -0.683. The lowest BCUT2D eigenvalue weighted by Crippen LogP contribution is -2.43. The highest BCUT2D eigenvalue weighted by atomic mass is 16.6. The predicted octanol–water partition coefficient (Wildman–Crippen LogP) is 3.90. The molecule has 0 aliphatic rings. The Balaban J connectivity index is 4.05.